The molecule has 0 aromatic rings. The van der Waals surface area contributed by atoms with Crippen LogP contribution in [0.15, 0.2) is 24.3 Å². The second kappa shape index (κ2) is 41.3. The van der Waals surface area contributed by atoms with Crippen LogP contribution in [0.25, 0.3) is 0 Å². The van der Waals surface area contributed by atoms with Crippen LogP contribution in [-0.2, 0) is 18.4 Å². The third-order valence-corrected chi connectivity index (χ3v) is 12.2. The molecule has 2 N–H and O–H groups in total. The van der Waals surface area contributed by atoms with Gasteiger partial charge in [-0.25, -0.2) is 0 Å². The molecule has 0 heterocycles. The summed E-state index contributed by atoms with van der Waals surface area (Å²) >= 11 is 0. The van der Waals surface area contributed by atoms with Gasteiger partial charge in [-0.2, -0.15) is 0 Å². The Morgan fingerprint density at radius 1 is 0.603 bits per heavy atom. The summed E-state index contributed by atoms with van der Waals surface area (Å²) in [5.74, 6) is -0.166. The molecule has 0 fully saturated rings. The third kappa shape index (κ3) is 43.1. The summed E-state index contributed by atoms with van der Waals surface area (Å²) in [5, 5.41) is 13.9. The van der Waals surface area contributed by atoms with Gasteiger partial charge in [0.25, 0.3) is 7.82 Å². The van der Waals surface area contributed by atoms with E-state index in [1.165, 1.54) is 161 Å². The number of hydrogen-bond acceptors (Lipinski definition) is 6. The van der Waals surface area contributed by atoms with E-state index in [9.17, 15) is 19.4 Å². The molecule has 0 rings (SSSR count). The Balaban J connectivity index is 4.14. The summed E-state index contributed by atoms with van der Waals surface area (Å²) in [6.45, 7) is 4.71. The van der Waals surface area contributed by atoms with Crippen molar-refractivity contribution >= 4 is 13.7 Å². The summed E-state index contributed by atoms with van der Waals surface area (Å²) in [7, 11) is 1.31. The van der Waals surface area contributed by atoms with Crippen molar-refractivity contribution in [2.45, 2.75) is 244 Å². The highest BCUT2D eigenvalue weighted by Gasteiger charge is 2.24. The highest BCUT2D eigenvalue weighted by Crippen LogP contribution is 2.38. The lowest BCUT2D eigenvalue weighted by molar-refractivity contribution is -0.870. The number of carbonyl (C=O) groups is 1. The lowest BCUT2D eigenvalue weighted by Gasteiger charge is -2.30. The number of allylic oxidation sites excluding steroid dienone is 4. The fourth-order valence-electron chi connectivity index (χ4n) is 7.25. The first-order valence-corrected chi connectivity index (χ1v) is 26.1. The van der Waals surface area contributed by atoms with Crippen LogP contribution in [0.2, 0.25) is 0 Å². The molecule has 0 aliphatic heterocycles. The fraction of sp³-hybridized carbons (Fsp3) is 0.898. The summed E-state index contributed by atoms with van der Waals surface area (Å²) in [6, 6.07) is -0.797. The van der Waals surface area contributed by atoms with Crippen molar-refractivity contribution in [1.82, 2.24) is 5.32 Å². The van der Waals surface area contributed by atoms with Gasteiger partial charge in [-0.3, -0.25) is 9.36 Å². The maximum atomic E-state index is 12.9. The number of aliphatic hydroxyl groups is 1. The van der Waals surface area contributed by atoms with Gasteiger partial charge in [0.2, 0.25) is 5.91 Å². The number of carbonyl (C=O) groups excluding carboxylic acids is 1. The van der Waals surface area contributed by atoms with Crippen molar-refractivity contribution in [3.63, 3.8) is 0 Å². The molecule has 0 aliphatic rings. The number of nitrogens with zero attached hydrogens (tertiary/aromatic N) is 1. The van der Waals surface area contributed by atoms with Gasteiger partial charge < -0.3 is 28.8 Å². The Hall–Kier alpha value is -1.02. The smallest absolute Gasteiger partial charge is 0.268 e. The number of phosphoric acid groups is 1. The number of nitrogens with one attached hydrogen (secondary N) is 1. The van der Waals surface area contributed by atoms with Crippen LogP contribution in [0.4, 0.5) is 0 Å². The highest BCUT2D eigenvalue weighted by molar-refractivity contribution is 7.45. The average Bonchev–Trinajstić information content (AvgIpc) is 3.17. The van der Waals surface area contributed by atoms with E-state index in [4.69, 9.17) is 9.05 Å². The van der Waals surface area contributed by atoms with Crippen LogP contribution in [0.3, 0.4) is 0 Å². The summed E-state index contributed by atoms with van der Waals surface area (Å²) in [5.41, 5.74) is 0. The van der Waals surface area contributed by atoms with Crippen LogP contribution < -0.4 is 10.2 Å². The Morgan fingerprint density at radius 2 is 1.00 bits per heavy atom. The van der Waals surface area contributed by atoms with Gasteiger partial charge in [0.05, 0.1) is 39.9 Å². The van der Waals surface area contributed by atoms with Gasteiger partial charge >= 0.3 is 0 Å². The average molecular weight is 841 g/mol. The summed E-state index contributed by atoms with van der Waals surface area (Å²) in [6.07, 6.45) is 49.1. The molecule has 0 bridgehead atoms. The maximum Gasteiger partial charge on any atom is 0.268 e. The molecule has 0 saturated heterocycles. The van der Waals surface area contributed by atoms with E-state index in [1.54, 1.807) is 0 Å². The second-order valence-electron chi connectivity index (χ2n) is 18.2. The summed E-state index contributed by atoms with van der Waals surface area (Å²) in [4.78, 5) is 25.4. The number of likely N-dealkylation sites (N-methyl/N-ethyl adjacent to an activating group) is 1. The topological polar surface area (TPSA) is 108 Å². The quantitative estimate of drug-likeness (QED) is 0.0274. The van der Waals surface area contributed by atoms with Crippen LogP contribution in [0.5, 0.6) is 0 Å². The van der Waals surface area contributed by atoms with Gasteiger partial charge in [-0.05, 0) is 44.9 Å². The largest absolute Gasteiger partial charge is 0.756 e. The minimum Gasteiger partial charge on any atom is -0.756 e. The number of amides is 1. The molecule has 1 amide bonds. The van der Waals surface area contributed by atoms with Crippen molar-refractivity contribution in [1.29, 1.82) is 0 Å². The van der Waals surface area contributed by atoms with Crippen LogP contribution >= 0.6 is 7.82 Å². The molecular weight excluding hydrogens is 744 g/mol. The van der Waals surface area contributed by atoms with Gasteiger partial charge in [0, 0.05) is 6.42 Å². The molecule has 0 saturated carbocycles. The molecule has 0 spiro atoms. The van der Waals surface area contributed by atoms with Crippen molar-refractivity contribution in [3.8, 4) is 0 Å². The Labute approximate surface area is 360 Å². The van der Waals surface area contributed by atoms with Gasteiger partial charge in [-0.15, -0.1) is 0 Å². The highest BCUT2D eigenvalue weighted by atomic mass is 31.2. The molecule has 3 atom stereocenters. The fourth-order valence-corrected chi connectivity index (χ4v) is 7.97. The lowest BCUT2D eigenvalue weighted by atomic mass is 10.0. The number of hydrogen-bond donors (Lipinski definition) is 2. The zero-order chi connectivity index (χ0) is 42.8. The maximum absolute atomic E-state index is 12.9. The van der Waals surface area contributed by atoms with Crippen molar-refractivity contribution in [3.05, 3.63) is 24.3 Å². The zero-order valence-corrected chi connectivity index (χ0v) is 39.9. The lowest BCUT2D eigenvalue weighted by Crippen LogP contribution is -2.46. The normalized spacial score (nSPS) is 14.4. The van der Waals surface area contributed by atoms with Crippen LogP contribution in [-0.4, -0.2) is 68.5 Å². The number of rotatable bonds is 45. The van der Waals surface area contributed by atoms with E-state index in [-0.39, 0.29) is 19.1 Å². The molecule has 3 unspecified atom stereocenters. The first kappa shape index (κ1) is 57.0. The monoisotopic (exact) mass is 841 g/mol. The molecule has 8 nitrogen and oxygen atoms in total. The van der Waals surface area contributed by atoms with Gasteiger partial charge in [-0.1, -0.05) is 205 Å². The van der Waals surface area contributed by atoms with Crippen molar-refractivity contribution in [2.75, 3.05) is 40.9 Å². The van der Waals surface area contributed by atoms with E-state index in [2.05, 4.69) is 43.5 Å². The van der Waals surface area contributed by atoms with E-state index < -0.39 is 20.0 Å². The first-order chi connectivity index (χ1) is 28.0. The zero-order valence-electron chi connectivity index (χ0n) is 39.0. The predicted octanol–water partition coefficient (Wildman–Crippen LogP) is 13.5. The molecule has 0 aromatic carbocycles. The van der Waals surface area contributed by atoms with Crippen molar-refractivity contribution < 1.29 is 32.9 Å². The van der Waals surface area contributed by atoms with Crippen LogP contribution in [0, 0.1) is 0 Å². The van der Waals surface area contributed by atoms with E-state index >= 15 is 0 Å². The van der Waals surface area contributed by atoms with Crippen molar-refractivity contribution in [2.24, 2.45) is 0 Å². The Kier molecular flexibility index (Phi) is 40.6. The van der Waals surface area contributed by atoms with Crippen LogP contribution in [0.1, 0.15) is 232 Å². The van der Waals surface area contributed by atoms with Gasteiger partial charge in [0.15, 0.2) is 0 Å². The number of phosphoric ester groups is 1. The third-order valence-electron chi connectivity index (χ3n) is 11.2. The number of unbranched alkanes of at least 4 members (excludes halogenated alkanes) is 28. The molecule has 344 valence electrons. The molecule has 0 radical (unpaired) electrons. The van der Waals surface area contributed by atoms with E-state index in [0.29, 0.717) is 23.9 Å². The number of aliphatic hydroxyl groups excluding tert-OH is 1. The SMILES string of the molecule is CCCCCCC/C=C\C/C=C\CCCCCCCCCCCCCCCC(=O)NC(COP(=O)([O-])OCC[N+](C)(C)C)C(O)CCCCCCCCCCCCC. The first-order valence-electron chi connectivity index (χ1n) is 24.7. The summed E-state index contributed by atoms with van der Waals surface area (Å²) < 4.78 is 23.3. The minimum atomic E-state index is -4.56. The van der Waals surface area contributed by atoms with E-state index in [0.717, 1.165) is 44.9 Å². The Morgan fingerprint density at radius 3 is 1.43 bits per heavy atom. The number of quaternary nitrogens is 1. The molecule has 9 heteroatoms. The predicted molar refractivity (Wildman–Crippen MR) is 247 cm³/mol. The second-order valence-corrected chi connectivity index (χ2v) is 19.6. The minimum absolute atomic E-state index is 0.0131. The van der Waals surface area contributed by atoms with Gasteiger partial charge in [0.1, 0.15) is 13.2 Å². The molecule has 0 aromatic heterocycles. The standard InChI is InChI=1S/C49H97N2O6P/c1-6-8-10-12-14-16-18-19-20-21-22-23-24-25-26-27-28-29-30-31-33-35-37-39-41-43-49(53)50-47(46-57-58(54,55)56-45-44-51(3,4)5)48(52)42-40-38-36-34-32-17-15-13-11-9-7-2/h18-19,21-22,47-48,52H,6-17,20,23-46H2,1-5H3,(H-,50,53,54,55)/b19-18-,22-21-. The molecular formula is C49H97N2O6P. The molecule has 58 heavy (non-hydrogen) atoms. The Bertz CT molecular complexity index is 1000. The molecule has 0 aliphatic carbocycles. The van der Waals surface area contributed by atoms with E-state index in [1.807, 2.05) is 21.1 Å².